The van der Waals surface area contributed by atoms with E-state index in [1.807, 2.05) is 0 Å². The molecule has 0 aliphatic rings. The minimum Gasteiger partial charge on any atom is -0.462 e. The third-order valence-electron chi connectivity index (χ3n) is 14.2. The topological polar surface area (TPSA) is 78.9 Å². The second-order valence-corrected chi connectivity index (χ2v) is 22.0. The van der Waals surface area contributed by atoms with Crippen LogP contribution in [0.1, 0.15) is 310 Å². The molecule has 80 heavy (non-hydrogen) atoms. The van der Waals surface area contributed by atoms with E-state index >= 15 is 0 Å². The quantitative estimate of drug-likeness (QED) is 0.0261. The Kier molecular flexibility index (Phi) is 63.8. The van der Waals surface area contributed by atoms with Gasteiger partial charge in [0.25, 0.3) is 0 Å². The van der Waals surface area contributed by atoms with Crippen molar-refractivity contribution in [1.29, 1.82) is 0 Å². The molecule has 0 fully saturated rings. The van der Waals surface area contributed by atoms with Gasteiger partial charge in [0.15, 0.2) is 6.10 Å². The van der Waals surface area contributed by atoms with Crippen molar-refractivity contribution in [2.75, 3.05) is 13.2 Å². The highest BCUT2D eigenvalue weighted by molar-refractivity contribution is 5.71. The Labute approximate surface area is 494 Å². The Morgan fingerprint density at radius 3 is 0.787 bits per heavy atom. The van der Waals surface area contributed by atoms with Gasteiger partial charge in [-0.2, -0.15) is 0 Å². The van der Waals surface area contributed by atoms with Crippen molar-refractivity contribution >= 4 is 17.9 Å². The van der Waals surface area contributed by atoms with Crippen LogP contribution in [0.15, 0.2) is 122 Å². The van der Waals surface area contributed by atoms with Gasteiger partial charge in [-0.15, -0.1) is 0 Å². The molecule has 0 aromatic carbocycles. The van der Waals surface area contributed by atoms with Crippen molar-refractivity contribution in [2.45, 2.75) is 316 Å². The number of carbonyl (C=O) groups excluding carboxylic acids is 3. The summed E-state index contributed by atoms with van der Waals surface area (Å²) in [6.07, 6.45) is 93.5. The average molecular weight is 1110 g/mol. The number of esters is 3. The van der Waals surface area contributed by atoms with E-state index in [1.165, 1.54) is 135 Å². The number of allylic oxidation sites excluding steroid dienone is 20. The first-order valence-electron chi connectivity index (χ1n) is 33.5. The predicted molar refractivity (Wildman–Crippen MR) is 348 cm³/mol. The lowest BCUT2D eigenvalue weighted by molar-refractivity contribution is -0.167. The van der Waals surface area contributed by atoms with E-state index in [1.54, 1.807) is 0 Å². The monoisotopic (exact) mass is 1110 g/mol. The second kappa shape index (κ2) is 67.3. The number of ether oxygens (including phenoxy) is 3. The largest absolute Gasteiger partial charge is 0.462 e. The molecule has 0 saturated heterocycles. The molecule has 1 atom stereocenters. The number of hydrogen-bond acceptors (Lipinski definition) is 6. The molecule has 0 aromatic rings. The van der Waals surface area contributed by atoms with Crippen LogP contribution >= 0.6 is 0 Å². The highest BCUT2D eigenvalue weighted by atomic mass is 16.6. The molecule has 0 aliphatic carbocycles. The fourth-order valence-electron chi connectivity index (χ4n) is 9.20. The maximum absolute atomic E-state index is 12.9. The summed E-state index contributed by atoms with van der Waals surface area (Å²) < 4.78 is 16.9. The zero-order valence-electron chi connectivity index (χ0n) is 52.3. The first-order valence-corrected chi connectivity index (χ1v) is 33.5. The van der Waals surface area contributed by atoms with Crippen molar-refractivity contribution < 1.29 is 28.6 Å². The molecule has 456 valence electrons. The fraction of sp³-hybridized carbons (Fsp3) is 0.689. The van der Waals surface area contributed by atoms with E-state index in [2.05, 4.69) is 142 Å². The average Bonchev–Trinajstić information content (AvgIpc) is 3.46. The summed E-state index contributed by atoms with van der Waals surface area (Å²) in [4.78, 5) is 38.3. The maximum atomic E-state index is 12.9. The van der Waals surface area contributed by atoms with Crippen LogP contribution < -0.4 is 0 Å². The minimum absolute atomic E-state index is 0.0909. The zero-order valence-corrected chi connectivity index (χ0v) is 52.3. The smallest absolute Gasteiger partial charge is 0.306 e. The van der Waals surface area contributed by atoms with E-state index in [4.69, 9.17) is 14.2 Å². The van der Waals surface area contributed by atoms with Crippen LogP contribution in [0, 0.1) is 0 Å². The molecule has 0 aromatic heterocycles. The summed E-state index contributed by atoms with van der Waals surface area (Å²) >= 11 is 0. The van der Waals surface area contributed by atoms with E-state index in [-0.39, 0.29) is 31.1 Å². The zero-order chi connectivity index (χ0) is 57.8. The van der Waals surface area contributed by atoms with Crippen molar-refractivity contribution in [3.8, 4) is 0 Å². The van der Waals surface area contributed by atoms with Crippen molar-refractivity contribution in [1.82, 2.24) is 0 Å². The molecule has 6 heteroatoms. The predicted octanol–water partition coefficient (Wildman–Crippen LogP) is 23.2. The standard InChI is InChI=1S/C74H124O6/c1-4-7-10-13-16-19-22-25-28-30-31-32-33-34-35-36-37-38-39-40-41-42-43-44-47-49-52-55-58-61-64-67-73(76)79-70-71(69-78-72(75)66-63-60-57-54-51-48-45-27-24-21-18-15-12-9-6-3)80-74(77)68-65-62-59-56-53-50-46-29-26-23-20-17-14-11-8-5-2/h7,10,16,19,25,28-29,31-32,34-35,37-38,40-41,43-44,46,49,52,71H,4-6,8-9,11-15,17-18,20-24,26-27,30,33,36,39,42,45,47-48,50-51,53-70H2,1-3H3/b10-7-,19-16-,28-25-,32-31-,35-34-,38-37-,41-40-,44-43-,46-29-,52-49-. The van der Waals surface area contributed by atoms with E-state index in [0.717, 1.165) is 135 Å². The van der Waals surface area contributed by atoms with Crippen LogP contribution in [0.4, 0.5) is 0 Å². The fourth-order valence-corrected chi connectivity index (χ4v) is 9.20. The van der Waals surface area contributed by atoms with Gasteiger partial charge >= 0.3 is 17.9 Å². The molecule has 0 radical (unpaired) electrons. The Balaban J connectivity index is 4.39. The van der Waals surface area contributed by atoms with Gasteiger partial charge in [-0.1, -0.05) is 296 Å². The Bertz CT molecular complexity index is 1650. The van der Waals surface area contributed by atoms with Gasteiger partial charge in [-0.3, -0.25) is 14.4 Å². The van der Waals surface area contributed by atoms with Gasteiger partial charge in [-0.25, -0.2) is 0 Å². The van der Waals surface area contributed by atoms with Gasteiger partial charge in [0.2, 0.25) is 0 Å². The van der Waals surface area contributed by atoms with Gasteiger partial charge in [0.1, 0.15) is 13.2 Å². The van der Waals surface area contributed by atoms with Gasteiger partial charge < -0.3 is 14.2 Å². The molecule has 0 spiro atoms. The third kappa shape index (κ3) is 64.6. The van der Waals surface area contributed by atoms with E-state index in [9.17, 15) is 14.4 Å². The maximum Gasteiger partial charge on any atom is 0.306 e. The SMILES string of the molecule is CC/C=C\C/C=C\C/C=C\C/C=C\C/C=C\C/C=C\C/C=C\C/C=C\C/C=C\CCCCCC(=O)OCC(COC(=O)CCCCCCCCCCCCCCCCC)OC(=O)CCCCCCC/C=C\CCCCCCCCC. The molecule has 0 bridgehead atoms. The van der Waals surface area contributed by atoms with Crippen LogP contribution in [-0.2, 0) is 28.6 Å². The van der Waals surface area contributed by atoms with E-state index < -0.39 is 6.10 Å². The normalized spacial score (nSPS) is 12.9. The number of carbonyl (C=O) groups is 3. The van der Waals surface area contributed by atoms with Crippen molar-refractivity contribution in [2.24, 2.45) is 0 Å². The molecule has 0 N–H and O–H groups in total. The number of hydrogen-bond donors (Lipinski definition) is 0. The van der Waals surface area contributed by atoms with Gasteiger partial charge in [-0.05, 0) is 116 Å². The molecule has 6 nitrogen and oxygen atoms in total. The molecular weight excluding hydrogens is 985 g/mol. The summed E-state index contributed by atoms with van der Waals surface area (Å²) in [6.45, 7) is 6.51. The number of unbranched alkanes of at least 4 members (excludes halogenated alkanes) is 29. The molecule has 0 heterocycles. The summed E-state index contributed by atoms with van der Waals surface area (Å²) in [6, 6.07) is 0. The van der Waals surface area contributed by atoms with Gasteiger partial charge in [0.05, 0.1) is 0 Å². The summed E-state index contributed by atoms with van der Waals surface area (Å²) in [7, 11) is 0. The van der Waals surface area contributed by atoms with Crippen molar-refractivity contribution in [3.63, 3.8) is 0 Å². The third-order valence-corrected chi connectivity index (χ3v) is 14.2. The Morgan fingerprint density at radius 2 is 0.487 bits per heavy atom. The lowest BCUT2D eigenvalue weighted by atomic mass is 10.0. The van der Waals surface area contributed by atoms with Crippen LogP contribution in [0.3, 0.4) is 0 Å². The van der Waals surface area contributed by atoms with Crippen LogP contribution in [-0.4, -0.2) is 37.2 Å². The molecule has 0 amide bonds. The van der Waals surface area contributed by atoms with Crippen LogP contribution in [0.2, 0.25) is 0 Å². The Hall–Kier alpha value is -4.19. The first kappa shape index (κ1) is 75.8. The van der Waals surface area contributed by atoms with Gasteiger partial charge in [0, 0.05) is 19.3 Å². The highest BCUT2D eigenvalue weighted by Crippen LogP contribution is 2.16. The molecule has 0 rings (SSSR count). The summed E-state index contributed by atoms with van der Waals surface area (Å²) in [5, 5.41) is 0. The minimum atomic E-state index is -0.798. The molecular formula is C74H124O6. The highest BCUT2D eigenvalue weighted by Gasteiger charge is 2.19. The lowest BCUT2D eigenvalue weighted by Gasteiger charge is -2.18. The van der Waals surface area contributed by atoms with Crippen LogP contribution in [0.5, 0.6) is 0 Å². The molecule has 0 aliphatic heterocycles. The lowest BCUT2D eigenvalue weighted by Crippen LogP contribution is -2.30. The second-order valence-electron chi connectivity index (χ2n) is 22.0. The Morgan fingerprint density at radius 1 is 0.263 bits per heavy atom. The van der Waals surface area contributed by atoms with Crippen LogP contribution in [0.25, 0.3) is 0 Å². The molecule has 0 saturated carbocycles. The molecule has 1 unspecified atom stereocenters. The van der Waals surface area contributed by atoms with Crippen molar-refractivity contribution in [3.05, 3.63) is 122 Å². The summed E-state index contributed by atoms with van der Waals surface area (Å²) in [5.74, 6) is -0.925. The van der Waals surface area contributed by atoms with E-state index in [0.29, 0.717) is 19.3 Å². The summed E-state index contributed by atoms with van der Waals surface area (Å²) in [5.41, 5.74) is 0. The number of rotatable bonds is 60. The first-order chi connectivity index (χ1) is 39.5.